The van der Waals surface area contributed by atoms with E-state index in [-0.39, 0.29) is 24.4 Å². The highest BCUT2D eigenvalue weighted by molar-refractivity contribution is 5.43. The first-order chi connectivity index (χ1) is 8.11. The van der Waals surface area contributed by atoms with Crippen molar-refractivity contribution in [2.24, 2.45) is 0 Å². The zero-order valence-corrected chi connectivity index (χ0v) is 10.4. The molecule has 0 aliphatic rings. The van der Waals surface area contributed by atoms with Crippen LogP contribution in [0.15, 0.2) is 10.9 Å². The van der Waals surface area contributed by atoms with Gasteiger partial charge < -0.3 is 5.11 Å². The first-order valence-corrected chi connectivity index (χ1v) is 5.95. The van der Waals surface area contributed by atoms with Crippen LogP contribution in [0.2, 0.25) is 0 Å². The van der Waals surface area contributed by atoms with Gasteiger partial charge in [0.2, 0.25) is 5.88 Å². The maximum atomic E-state index is 11.7. The van der Waals surface area contributed by atoms with Gasteiger partial charge in [0.05, 0.1) is 0 Å². The minimum absolute atomic E-state index is 0. The third-order valence-corrected chi connectivity index (χ3v) is 2.83. The Labute approximate surface area is 108 Å². The van der Waals surface area contributed by atoms with Crippen molar-refractivity contribution in [1.82, 2.24) is 4.57 Å². The molecule has 1 aromatic heterocycles. The van der Waals surface area contributed by atoms with Gasteiger partial charge in [-0.1, -0.05) is 33.6 Å². The minimum atomic E-state index is -0.240. The second-order valence-corrected chi connectivity index (χ2v) is 4.19. The monoisotopic (exact) mass is 250 g/mol. The van der Waals surface area contributed by atoms with Gasteiger partial charge in [0.1, 0.15) is 11.6 Å². The average Bonchev–Trinajstić information content (AvgIpc) is 2.28. The van der Waals surface area contributed by atoms with Crippen LogP contribution in [0.25, 0.3) is 0 Å². The molecule has 0 saturated carbocycles. The van der Waals surface area contributed by atoms with Gasteiger partial charge >= 0.3 is 0 Å². The van der Waals surface area contributed by atoms with Crippen molar-refractivity contribution in [3.63, 3.8) is 0 Å². The molecule has 1 aromatic rings. The fourth-order valence-electron chi connectivity index (χ4n) is 1.80. The third-order valence-electron chi connectivity index (χ3n) is 2.83. The maximum absolute atomic E-state index is 11.7. The Bertz CT molecular complexity index is 484. The van der Waals surface area contributed by atoms with E-state index in [9.17, 15) is 9.90 Å². The van der Waals surface area contributed by atoms with Gasteiger partial charge in [-0.05, 0) is 18.9 Å². The van der Waals surface area contributed by atoms with Gasteiger partial charge in [-0.15, -0.1) is 0 Å². The summed E-state index contributed by atoms with van der Waals surface area (Å²) in [6.45, 7) is 4.24. The quantitative estimate of drug-likeness (QED) is 0.817. The maximum Gasteiger partial charge on any atom is 0.253 e. The van der Waals surface area contributed by atoms with Crippen LogP contribution in [0.3, 0.4) is 0 Å². The Morgan fingerprint density at radius 2 is 2.06 bits per heavy atom. The summed E-state index contributed by atoms with van der Waals surface area (Å²) in [5.41, 5.74) is 0.482. The second kappa shape index (κ2) is 7.54. The summed E-state index contributed by atoms with van der Waals surface area (Å²) in [6.07, 6.45) is 4.11. The first-order valence-electron chi connectivity index (χ1n) is 5.95. The zero-order valence-electron chi connectivity index (χ0n) is 10.4. The summed E-state index contributed by atoms with van der Waals surface area (Å²) in [4.78, 5) is 11.7. The van der Waals surface area contributed by atoms with E-state index < -0.39 is 0 Å². The van der Waals surface area contributed by atoms with E-state index >= 15 is 0 Å². The Morgan fingerprint density at radius 1 is 1.39 bits per heavy atom. The van der Waals surface area contributed by atoms with E-state index in [4.69, 9.17) is 5.26 Å². The molecule has 0 fully saturated rings. The lowest BCUT2D eigenvalue weighted by molar-refractivity contribution is 0.397. The van der Waals surface area contributed by atoms with Crippen molar-refractivity contribution in [3.05, 3.63) is 27.5 Å². The predicted octanol–water partition coefficient (Wildman–Crippen LogP) is 2.95. The van der Waals surface area contributed by atoms with E-state index in [1.54, 1.807) is 6.92 Å². The Hall–Kier alpha value is -1.76. The van der Waals surface area contributed by atoms with Gasteiger partial charge in [-0.3, -0.25) is 9.36 Å². The SMILES string of the molecule is C.CCCCCCn1c(O)c(C#N)c(C)cc1=O. The number of rotatable bonds is 5. The number of pyridine rings is 1. The molecule has 100 valence electrons. The number of unbranched alkanes of at least 4 members (excludes halogenated alkanes) is 3. The third kappa shape index (κ3) is 3.63. The lowest BCUT2D eigenvalue weighted by atomic mass is 10.1. The molecule has 1 N–H and O–H groups in total. The van der Waals surface area contributed by atoms with Crippen LogP contribution >= 0.6 is 0 Å². The molecule has 4 nitrogen and oxygen atoms in total. The molecule has 0 radical (unpaired) electrons. The van der Waals surface area contributed by atoms with Crippen molar-refractivity contribution in [1.29, 1.82) is 5.26 Å². The number of aromatic hydroxyl groups is 1. The molecule has 4 heteroatoms. The Morgan fingerprint density at radius 3 is 2.61 bits per heavy atom. The van der Waals surface area contributed by atoms with Gasteiger partial charge in [0.25, 0.3) is 5.56 Å². The molecule has 18 heavy (non-hydrogen) atoms. The fraction of sp³-hybridized carbons (Fsp3) is 0.571. The molecule has 1 heterocycles. The van der Waals surface area contributed by atoms with Crippen molar-refractivity contribution in [2.75, 3.05) is 0 Å². The molecule has 0 spiro atoms. The summed E-state index contributed by atoms with van der Waals surface area (Å²) in [5, 5.41) is 18.7. The molecule has 0 unspecified atom stereocenters. The molecule has 0 bridgehead atoms. The normalized spacial score (nSPS) is 9.61. The molecular weight excluding hydrogens is 228 g/mol. The highest BCUT2D eigenvalue weighted by Gasteiger charge is 2.11. The highest BCUT2D eigenvalue weighted by Crippen LogP contribution is 2.17. The largest absolute Gasteiger partial charge is 0.493 e. The smallest absolute Gasteiger partial charge is 0.253 e. The average molecular weight is 250 g/mol. The molecule has 0 aliphatic carbocycles. The first kappa shape index (κ1) is 16.2. The molecule has 0 aromatic carbocycles. The summed E-state index contributed by atoms with van der Waals surface area (Å²) in [5.74, 6) is -0.200. The van der Waals surface area contributed by atoms with Crippen LogP contribution in [-0.4, -0.2) is 9.67 Å². The molecule has 0 aliphatic heterocycles. The molecule has 0 saturated heterocycles. The molecule has 1 rings (SSSR count). The van der Waals surface area contributed by atoms with Gasteiger partial charge in [0, 0.05) is 12.6 Å². The molecule has 0 amide bonds. The lowest BCUT2D eigenvalue weighted by Crippen LogP contribution is -2.20. The molecular formula is C14H22N2O2. The van der Waals surface area contributed by atoms with Crippen molar-refractivity contribution >= 4 is 0 Å². The predicted molar refractivity (Wildman–Crippen MR) is 72.7 cm³/mol. The van der Waals surface area contributed by atoms with E-state index in [0.29, 0.717) is 12.1 Å². The summed E-state index contributed by atoms with van der Waals surface area (Å²) in [6, 6.07) is 3.32. The zero-order chi connectivity index (χ0) is 12.8. The van der Waals surface area contributed by atoms with Gasteiger partial charge in [-0.25, -0.2) is 0 Å². The molecule has 0 atom stereocenters. The minimum Gasteiger partial charge on any atom is -0.493 e. The van der Waals surface area contributed by atoms with Crippen molar-refractivity contribution in [2.45, 2.75) is 53.5 Å². The summed E-state index contributed by atoms with van der Waals surface area (Å²) < 4.78 is 1.28. The van der Waals surface area contributed by atoms with E-state index in [0.717, 1.165) is 25.7 Å². The van der Waals surface area contributed by atoms with Crippen molar-refractivity contribution in [3.8, 4) is 11.9 Å². The number of nitrogens with zero attached hydrogens (tertiary/aromatic N) is 2. The number of nitriles is 1. The number of hydrogen-bond donors (Lipinski definition) is 1. The van der Waals surface area contributed by atoms with E-state index in [1.807, 2.05) is 6.07 Å². The van der Waals surface area contributed by atoms with E-state index in [1.165, 1.54) is 10.6 Å². The van der Waals surface area contributed by atoms with Crippen LogP contribution in [0.4, 0.5) is 0 Å². The lowest BCUT2D eigenvalue weighted by Gasteiger charge is -2.10. The number of aromatic nitrogens is 1. The number of hydrogen-bond acceptors (Lipinski definition) is 3. The van der Waals surface area contributed by atoms with Gasteiger partial charge in [0.15, 0.2) is 0 Å². The van der Waals surface area contributed by atoms with Crippen LogP contribution in [0, 0.1) is 18.3 Å². The summed E-state index contributed by atoms with van der Waals surface area (Å²) in [7, 11) is 0. The second-order valence-electron chi connectivity index (χ2n) is 4.19. The fourth-order valence-corrected chi connectivity index (χ4v) is 1.80. The van der Waals surface area contributed by atoms with Crippen molar-refractivity contribution < 1.29 is 5.11 Å². The van der Waals surface area contributed by atoms with Crippen LogP contribution in [-0.2, 0) is 6.54 Å². The highest BCUT2D eigenvalue weighted by atomic mass is 16.3. The van der Waals surface area contributed by atoms with Crippen LogP contribution in [0.1, 0.15) is 51.2 Å². The topological polar surface area (TPSA) is 66.0 Å². The van der Waals surface area contributed by atoms with Gasteiger partial charge in [-0.2, -0.15) is 5.26 Å². The van der Waals surface area contributed by atoms with Crippen LogP contribution < -0.4 is 5.56 Å². The Kier molecular flexibility index (Phi) is 6.81. The summed E-state index contributed by atoms with van der Waals surface area (Å²) >= 11 is 0. The standard InChI is InChI=1S/C13H18N2O2.CH4/c1-3-4-5-6-7-15-12(16)8-10(2)11(9-14)13(15)17;/h8,17H,3-7H2,1-2H3;1H4. The number of aryl methyl sites for hydroxylation is 1. The Balaban J connectivity index is 0.00000289. The van der Waals surface area contributed by atoms with E-state index in [2.05, 4.69) is 6.92 Å². The van der Waals surface area contributed by atoms with Crippen LogP contribution in [0.5, 0.6) is 5.88 Å².